The summed E-state index contributed by atoms with van der Waals surface area (Å²) in [6, 6.07) is 4.02. The zero-order chi connectivity index (χ0) is 14.6. The molecule has 0 unspecified atom stereocenters. The van der Waals surface area contributed by atoms with Crippen LogP contribution in [0.15, 0.2) is 6.07 Å². The van der Waals surface area contributed by atoms with Gasteiger partial charge in [0.2, 0.25) is 0 Å². The van der Waals surface area contributed by atoms with Crippen molar-refractivity contribution in [1.82, 2.24) is 4.98 Å². The van der Waals surface area contributed by atoms with E-state index in [2.05, 4.69) is 16.4 Å². The van der Waals surface area contributed by atoms with Crippen molar-refractivity contribution in [1.29, 1.82) is 5.26 Å². The van der Waals surface area contributed by atoms with E-state index in [0.717, 1.165) is 24.1 Å². The predicted molar refractivity (Wildman–Crippen MR) is 76.5 cm³/mol. The van der Waals surface area contributed by atoms with Gasteiger partial charge in [-0.2, -0.15) is 5.26 Å². The number of nitriles is 1. The Balaban J connectivity index is 2.14. The van der Waals surface area contributed by atoms with Crippen molar-refractivity contribution in [2.24, 2.45) is 5.41 Å². The Morgan fingerprint density at radius 2 is 2.15 bits per heavy atom. The molecule has 0 bridgehead atoms. The van der Waals surface area contributed by atoms with E-state index in [4.69, 9.17) is 4.74 Å². The van der Waals surface area contributed by atoms with Crippen molar-refractivity contribution >= 4 is 5.82 Å². The van der Waals surface area contributed by atoms with Crippen LogP contribution >= 0.6 is 0 Å². The van der Waals surface area contributed by atoms with Gasteiger partial charge >= 0.3 is 0 Å². The number of pyridine rings is 1. The van der Waals surface area contributed by atoms with Gasteiger partial charge in [0.05, 0.1) is 12.2 Å². The summed E-state index contributed by atoms with van der Waals surface area (Å²) in [7, 11) is 0. The monoisotopic (exact) mass is 275 g/mol. The van der Waals surface area contributed by atoms with Crippen LogP contribution in [0.25, 0.3) is 0 Å². The number of aliphatic hydroxyl groups is 1. The van der Waals surface area contributed by atoms with Gasteiger partial charge in [0.25, 0.3) is 0 Å². The van der Waals surface area contributed by atoms with Gasteiger partial charge in [-0.25, -0.2) is 4.98 Å². The highest BCUT2D eigenvalue weighted by atomic mass is 16.5. The van der Waals surface area contributed by atoms with Crippen LogP contribution in [0.4, 0.5) is 5.82 Å². The summed E-state index contributed by atoms with van der Waals surface area (Å²) < 4.78 is 5.35. The zero-order valence-corrected chi connectivity index (χ0v) is 12.1. The van der Waals surface area contributed by atoms with Crippen LogP contribution in [0.3, 0.4) is 0 Å². The summed E-state index contributed by atoms with van der Waals surface area (Å²) in [5.41, 5.74) is 2.30. The minimum Gasteiger partial charge on any atom is -0.396 e. The van der Waals surface area contributed by atoms with Gasteiger partial charge in [0.1, 0.15) is 11.9 Å². The summed E-state index contributed by atoms with van der Waals surface area (Å²) in [6.45, 7) is 5.95. The highest BCUT2D eigenvalue weighted by Crippen LogP contribution is 2.30. The molecule has 0 spiro atoms. The maximum Gasteiger partial charge on any atom is 0.144 e. The highest BCUT2D eigenvalue weighted by Gasteiger charge is 2.32. The maximum absolute atomic E-state index is 9.66. The number of nitrogens with zero attached hydrogens (tertiary/aromatic N) is 2. The lowest BCUT2D eigenvalue weighted by Crippen LogP contribution is -2.39. The second-order valence-electron chi connectivity index (χ2n) is 5.52. The van der Waals surface area contributed by atoms with E-state index in [9.17, 15) is 10.4 Å². The number of aliphatic hydroxyl groups excluding tert-OH is 1. The molecule has 1 saturated heterocycles. The summed E-state index contributed by atoms with van der Waals surface area (Å²) in [5, 5.41) is 22.1. The SMILES string of the molecule is Cc1cc(C#N)c(NCC2(CO)CCOCC2)nc1C. The molecule has 5 nitrogen and oxygen atoms in total. The second-order valence-corrected chi connectivity index (χ2v) is 5.52. The van der Waals surface area contributed by atoms with Crippen LogP contribution < -0.4 is 5.32 Å². The molecule has 0 amide bonds. The predicted octanol–water partition coefficient (Wildman–Crippen LogP) is 1.77. The zero-order valence-electron chi connectivity index (χ0n) is 12.1. The summed E-state index contributed by atoms with van der Waals surface area (Å²) in [4.78, 5) is 4.45. The molecule has 5 heteroatoms. The summed E-state index contributed by atoms with van der Waals surface area (Å²) in [6.07, 6.45) is 1.65. The largest absolute Gasteiger partial charge is 0.396 e. The van der Waals surface area contributed by atoms with Crippen molar-refractivity contribution in [2.75, 3.05) is 31.7 Å². The van der Waals surface area contributed by atoms with E-state index in [1.165, 1.54) is 0 Å². The number of hydrogen-bond donors (Lipinski definition) is 2. The van der Waals surface area contributed by atoms with E-state index in [-0.39, 0.29) is 12.0 Å². The topological polar surface area (TPSA) is 78.2 Å². The van der Waals surface area contributed by atoms with E-state index >= 15 is 0 Å². The summed E-state index contributed by atoms with van der Waals surface area (Å²) in [5.74, 6) is 0.606. The molecule has 2 N–H and O–H groups in total. The molecule has 20 heavy (non-hydrogen) atoms. The fourth-order valence-corrected chi connectivity index (χ4v) is 2.39. The third-order valence-corrected chi connectivity index (χ3v) is 4.11. The number of aryl methyl sites for hydroxylation is 2. The molecule has 0 radical (unpaired) electrons. The van der Waals surface area contributed by atoms with Crippen molar-refractivity contribution in [3.63, 3.8) is 0 Å². The number of nitrogens with one attached hydrogen (secondary N) is 1. The van der Waals surface area contributed by atoms with Crippen LogP contribution in [0, 0.1) is 30.6 Å². The van der Waals surface area contributed by atoms with Crippen molar-refractivity contribution < 1.29 is 9.84 Å². The molecule has 1 aromatic heterocycles. The number of rotatable bonds is 4. The van der Waals surface area contributed by atoms with Gasteiger partial charge in [-0.15, -0.1) is 0 Å². The van der Waals surface area contributed by atoms with Crippen LogP contribution in [0.5, 0.6) is 0 Å². The quantitative estimate of drug-likeness (QED) is 0.875. The first kappa shape index (κ1) is 14.8. The maximum atomic E-state index is 9.66. The second kappa shape index (κ2) is 6.21. The van der Waals surface area contributed by atoms with Crippen molar-refractivity contribution in [3.05, 3.63) is 22.9 Å². The lowest BCUT2D eigenvalue weighted by molar-refractivity contribution is -0.00862. The molecule has 2 heterocycles. The highest BCUT2D eigenvalue weighted by molar-refractivity contribution is 5.54. The Bertz CT molecular complexity index is 517. The standard InChI is InChI=1S/C15H21N3O2/c1-11-7-13(8-16)14(18-12(11)2)17-9-15(10-19)3-5-20-6-4-15/h7,19H,3-6,9-10H2,1-2H3,(H,17,18). The molecule has 108 valence electrons. The Labute approximate surface area is 119 Å². The molecule has 0 aromatic carbocycles. The van der Waals surface area contributed by atoms with Gasteiger partial charge in [-0.3, -0.25) is 0 Å². The van der Waals surface area contributed by atoms with Crippen LogP contribution in [-0.4, -0.2) is 36.5 Å². The van der Waals surface area contributed by atoms with E-state index in [1.807, 2.05) is 19.9 Å². The lowest BCUT2D eigenvalue weighted by Gasteiger charge is -2.35. The molecular weight excluding hydrogens is 254 g/mol. The van der Waals surface area contributed by atoms with Crippen LogP contribution in [-0.2, 0) is 4.74 Å². The molecule has 1 fully saturated rings. The number of anilines is 1. The Hall–Kier alpha value is -1.64. The molecule has 1 aromatic rings. The molecule has 1 aliphatic rings. The van der Waals surface area contributed by atoms with Gasteiger partial charge in [-0.05, 0) is 38.3 Å². The minimum absolute atomic E-state index is 0.121. The first-order chi connectivity index (χ1) is 9.60. The average molecular weight is 275 g/mol. The fourth-order valence-electron chi connectivity index (χ4n) is 2.39. The number of hydrogen-bond acceptors (Lipinski definition) is 5. The fraction of sp³-hybridized carbons (Fsp3) is 0.600. The van der Waals surface area contributed by atoms with Gasteiger partial charge in [0, 0.05) is 30.9 Å². The molecule has 0 aliphatic carbocycles. The normalized spacial score (nSPS) is 17.5. The number of aromatic nitrogens is 1. The molecule has 2 rings (SSSR count). The first-order valence-electron chi connectivity index (χ1n) is 6.91. The Morgan fingerprint density at radius 1 is 1.45 bits per heavy atom. The van der Waals surface area contributed by atoms with Crippen LogP contribution in [0.2, 0.25) is 0 Å². The van der Waals surface area contributed by atoms with Gasteiger partial charge < -0.3 is 15.2 Å². The van der Waals surface area contributed by atoms with E-state index < -0.39 is 0 Å². The summed E-state index contributed by atoms with van der Waals surface area (Å²) >= 11 is 0. The van der Waals surface area contributed by atoms with Crippen LogP contribution in [0.1, 0.15) is 29.7 Å². The lowest BCUT2D eigenvalue weighted by atomic mass is 9.81. The average Bonchev–Trinajstić information content (AvgIpc) is 2.49. The molecule has 0 saturated carbocycles. The molecule has 0 atom stereocenters. The van der Waals surface area contributed by atoms with E-state index in [0.29, 0.717) is 31.1 Å². The molecule has 1 aliphatic heterocycles. The third-order valence-electron chi connectivity index (χ3n) is 4.11. The van der Waals surface area contributed by atoms with E-state index in [1.54, 1.807) is 0 Å². The first-order valence-corrected chi connectivity index (χ1v) is 6.91. The molecular formula is C15H21N3O2. The van der Waals surface area contributed by atoms with Crippen molar-refractivity contribution in [3.8, 4) is 6.07 Å². The van der Waals surface area contributed by atoms with Crippen molar-refractivity contribution in [2.45, 2.75) is 26.7 Å². The smallest absolute Gasteiger partial charge is 0.144 e. The number of ether oxygens (including phenoxy) is 1. The Morgan fingerprint density at radius 3 is 2.75 bits per heavy atom. The third kappa shape index (κ3) is 3.09. The van der Waals surface area contributed by atoms with Gasteiger partial charge in [-0.1, -0.05) is 0 Å². The van der Waals surface area contributed by atoms with Gasteiger partial charge in [0.15, 0.2) is 0 Å². The minimum atomic E-state index is -0.175. The Kier molecular flexibility index (Phi) is 4.58.